The lowest BCUT2D eigenvalue weighted by Gasteiger charge is -2.31. The normalized spacial score (nSPS) is 20.0. The summed E-state index contributed by atoms with van der Waals surface area (Å²) >= 11 is -2.03. The molecule has 2 heterocycles. The molecule has 0 bridgehead atoms. The molecule has 2 aromatic rings. The highest BCUT2D eigenvalue weighted by Gasteiger charge is 2.31. The molecule has 120 valence electrons. The number of halogens is 1. The van der Waals surface area contributed by atoms with Crippen LogP contribution in [0.1, 0.15) is 0 Å². The van der Waals surface area contributed by atoms with Gasteiger partial charge < -0.3 is 17.2 Å². The van der Waals surface area contributed by atoms with Crippen molar-refractivity contribution < 1.29 is 31.0 Å². The lowest BCUT2D eigenvalue weighted by molar-refractivity contribution is -1.63. The van der Waals surface area contributed by atoms with Gasteiger partial charge in [0.05, 0.1) is 11.0 Å². The fourth-order valence-electron chi connectivity index (χ4n) is 2.41. The lowest BCUT2D eigenvalue weighted by Crippen LogP contribution is -3.99. The van der Waals surface area contributed by atoms with Gasteiger partial charge in [-0.15, -0.1) is 0 Å². The van der Waals surface area contributed by atoms with Crippen LogP contribution in [0.3, 0.4) is 0 Å². The largest absolute Gasteiger partial charge is 0.508 e. The van der Waals surface area contributed by atoms with Gasteiger partial charge in [0.25, 0.3) is 0 Å². The van der Waals surface area contributed by atoms with Crippen LogP contribution >= 0.6 is 11.8 Å². The van der Waals surface area contributed by atoms with Gasteiger partial charge in [0.15, 0.2) is 5.16 Å². The van der Waals surface area contributed by atoms with Crippen LogP contribution in [0.2, 0.25) is 0 Å². The maximum absolute atomic E-state index is 10.8. The molecule has 1 aliphatic rings. The summed E-state index contributed by atoms with van der Waals surface area (Å²) in [6.45, 7) is 2.95. The second-order valence-corrected chi connectivity index (χ2v) is 7.55. The van der Waals surface area contributed by atoms with E-state index in [1.54, 1.807) is 11.8 Å². The first-order valence-corrected chi connectivity index (χ1v) is 10.6. The highest BCUT2D eigenvalue weighted by molar-refractivity contribution is 7.99. The van der Waals surface area contributed by atoms with Crippen molar-refractivity contribution in [2.75, 3.05) is 31.9 Å². The van der Waals surface area contributed by atoms with Gasteiger partial charge in [-0.2, -0.15) is 0 Å². The van der Waals surface area contributed by atoms with Gasteiger partial charge in [0, 0.05) is 31.9 Å². The fourth-order valence-corrected chi connectivity index (χ4v) is 4.25. The number of H-pyrrole nitrogens is 1. The van der Waals surface area contributed by atoms with Gasteiger partial charge >= 0.3 is 21.1 Å². The second-order valence-electron chi connectivity index (χ2n) is 4.88. The summed E-state index contributed by atoms with van der Waals surface area (Å²) in [7, 11) is 0. The summed E-state index contributed by atoms with van der Waals surface area (Å²) < 4.78 is 26.7. The summed E-state index contributed by atoms with van der Waals surface area (Å²) in [5.74, 6) is 0.825. The standard InChI is InChI=1S/C13H17IN4O3S/c19-14(20)21-12-9-15-5-6-18(12)7-8-22-13-16-10-3-1-2-4-11(10)17-13/h1-4,12,15H,5-9H2,(H,16,17). The zero-order chi connectivity index (χ0) is 15.4. The topological polar surface area (TPSA) is 99.3 Å². The summed E-state index contributed by atoms with van der Waals surface area (Å²) in [6, 6.07) is 7.92. The number of rotatable bonds is 6. The minimum absolute atomic E-state index is 0.370. The first kappa shape index (κ1) is 16.4. The van der Waals surface area contributed by atoms with Gasteiger partial charge in [-0.1, -0.05) is 23.9 Å². The molecule has 0 spiro atoms. The molecule has 1 saturated heterocycles. The third kappa shape index (κ3) is 4.31. The van der Waals surface area contributed by atoms with Crippen LogP contribution in [0.25, 0.3) is 11.0 Å². The minimum Gasteiger partial charge on any atom is -0.396 e. The maximum Gasteiger partial charge on any atom is 0.508 e. The zero-order valence-electron chi connectivity index (χ0n) is 11.8. The Kier molecular flexibility index (Phi) is 5.90. The van der Waals surface area contributed by atoms with Gasteiger partial charge in [-0.25, -0.2) is 4.98 Å². The van der Waals surface area contributed by atoms with Crippen molar-refractivity contribution in [2.45, 2.75) is 11.4 Å². The van der Waals surface area contributed by atoms with Crippen LogP contribution in [-0.4, -0.2) is 53.0 Å². The smallest absolute Gasteiger partial charge is 0.396 e. The molecule has 1 aromatic heterocycles. The number of benzene rings is 1. The van der Waals surface area contributed by atoms with Crippen molar-refractivity contribution in [2.24, 2.45) is 0 Å². The van der Waals surface area contributed by atoms with E-state index >= 15 is 0 Å². The third-order valence-corrected chi connectivity index (χ3v) is 5.32. The van der Waals surface area contributed by atoms with Gasteiger partial charge in [-0.05, 0) is 15.2 Å². The Morgan fingerprint density at radius 2 is 2.27 bits per heavy atom. The molecule has 1 unspecified atom stereocenters. The van der Waals surface area contributed by atoms with E-state index in [1.807, 2.05) is 24.3 Å². The SMILES string of the molecule is [O-][I+2]([O-])OC1CNCCN1CCSc1nc2ccccc2[nH]1. The number of aromatic amines is 1. The number of fused-ring (bicyclic) bond motifs is 1. The number of aromatic nitrogens is 2. The maximum atomic E-state index is 10.8. The average Bonchev–Trinajstić information content (AvgIpc) is 2.91. The van der Waals surface area contributed by atoms with Crippen molar-refractivity contribution in [3.63, 3.8) is 0 Å². The Morgan fingerprint density at radius 1 is 1.41 bits per heavy atom. The molecule has 1 aliphatic heterocycles. The van der Waals surface area contributed by atoms with Crippen molar-refractivity contribution in [1.82, 2.24) is 20.2 Å². The molecule has 0 aliphatic carbocycles. The molecule has 1 aromatic carbocycles. The van der Waals surface area contributed by atoms with Crippen molar-refractivity contribution in [3.05, 3.63) is 24.3 Å². The fraction of sp³-hybridized carbons (Fsp3) is 0.462. The molecule has 3 rings (SSSR count). The highest BCUT2D eigenvalue weighted by atomic mass is 127. The van der Waals surface area contributed by atoms with E-state index in [2.05, 4.69) is 20.2 Å². The van der Waals surface area contributed by atoms with E-state index in [0.29, 0.717) is 6.54 Å². The Hall–Kier alpha value is -0.430. The number of hydrogen-bond acceptors (Lipinski definition) is 7. The van der Waals surface area contributed by atoms with Crippen LogP contribution in [0, 0.1) is 0 Å². The molecule has 7 nitrogen and oxygen atoms in total. The Bertz CT molecular complexity index is 579. The molecule has 9 heteroatoms. The van der Waals surface area contributed by atoms with E-state index in [1.165, 1.54) is 0 Å². The van der Waals surface area contributed by atoms with Gasteiger partial charge in [-0.3, -0.25) is 4.90 Å². The molecule has 1 atom stereocenters. The van der Waals surface area contributed by atoms with E-state index in [4.69, 9.17) is 3.07 Å². The van der Waals surface area contributed by atoms with Crippen molar-refractivity contribution in [1.29, 1.82) is 0 Å². The van der Waals surface area contributed by atoms with E-state index < -0.39 is 21.1 Å². The number of nitrogens with one attached hydrogen (secondary N) is 2. The number of nitrogens with zero attached hydrogens (tertiary/aromatic N) is 2. The summed E-state index contributed by atoms with van der Waals surface area (Å²) in [5, 5.41) is 4.04. The molecular formula is C13H17IN4O3S. The first-order valence-electron chi connectivity index (χ1n) is 6.97. The molecule has 1 fully saturated rings. The van der Waals surface area contributed by atoms with Crippen LogP contribution in [0.4, 0.5) is 0 Å². The van der Waals surface area contributed by atoms with E-state index in [-0.39, 0.29) is 6.23 Å². The molecule has 22 heavy (non-hydrogen) atoms. The van der Waals surface area contributed by atoms with Gasteiger partial charge in [0.1, 0.15) is 0 Å². The summed E-state index contributed by atoms with van der Waals surface area (Å²) in [6.07, 6.45) is -0.370. The second kappa shape index (κ2) is 7.90. The number of imidazole rings is 1. The Balaban J connectivity index is 1.52. The van der Waals surface area contributed by atoms with E-state index in [0.717, 1.165) is 41.6 Å². The summed E-state index contributed by atoms with van der Waals surface area (Å²) in [4.78, 5) is 9.85. The number of piperazine rings is 1. The minimum atomic E-state index is -3.66. The van der Waals surface area contributed by atoms with E-state index in [9.17, 15) is 6.87 Å². The number of para-hydroxylation sites is 2. The van der Waals surface area contributed by atoms with Crippen LogP contribution in [0.5, 0.6) is 0 Å². The van der Waals surface area contributed by atoms with Gasteiger partial charge in [0.2, 0.25) is 6.23 Å². The molecule has 2 N–H and O–H groups in total. The molecule has 0 radical (unpaired) electrons. The molecule has 0 saturated carbocycles. The first-order chi connectivity index (χ1) is 10.7. The Morgan fingerprint density at radius 3 is 3.09 bits per heavy atom. The van der Waals surface area contributed by atoms with Crippen LogP contribution in [-0.2, 0) is 3.07 Å². The molecule has 0 amide bonds. The third-order valence-electron chi connectivity index (χ3n) is 3.46. The van der Waals surface area contributed by atoms with Crippen molar-refractivity contribution in [3.8, 4) is 0 Å². The zero-order valence-corrected chi connectivity index (χ0v) is 14.8. The lowest BCUT2D eigenvalue weighted by atomic mass is 10.3. The van der Waals surface area contributed by atoms with Crippen LogP contribution < -0.4 is 33.3 Å². The van der Waals surface area contributed by atoms with Crippen molar-refractivity contribution >= 4 is 22.8 Å². The monoisotopic (exact) mass is 436 g/mol. The number of hydrogen-bond donors (Lipinski definition) is 2. The highest BCUT2D eigenvalue weighted by Crippen LogP contribution is 2.19. The summed E-state index contributed by atoms with van der Waals surface area (Å²) in [5.41, 5.74) is 1.99. The Labute approximate surface area is 141 Å². The number of thioether (sulfide) groups is 1. The van der Waals surface area contributed by atoms with Crippen LogP contribution in [0.15, 0.2) is 29.4 Å². The average molecular weight is 436 g/mol. The predicted octanol–water partition coefficient (Wildman–Crippen LogP) is -4.01. The quantitative estimate of drug-likeness (QED) is 0.352. The molecular weight excluding hydrogens is 419 g/mol. The predicted molar refractivity (Wildman–Crippen MR) is 76.1 cm³/mol.